The smallest absolute Gasteiger partial charge is 0.311 e. The number of benzene rings is 2. The van der Waals surface area contributed by atoms with Gasteiger partial charge in [-0.15, -0.1) is 0 Å². The van der Waals surface area contributed by atoms with Gasteiger partial charge < -0.3 is 9.84 Å². The maximum atomic E-state index is 11.7. The van der Waals surface area contributed by atoms with Crippen molar-refractivity contribution in [2.75, 3.05) is 0 Å². The molecule has 0 aliphatic carbocycles. The molecule has 1 aliphatic rings. The number of halogens is 2. The number of hydrogen-bond acceptors (Lipinski definition) is 3. The number of aliphatic hydroxyl groups excluding tert-OH is 1. The monoisotopic (exact) mass is 350 g/mol. The van der Waals surface area contributed by atoms with Crippen LogP contribution >= 0.6 is 23.2 Å². The molecule has 0 aromatic heterocycles. The molecule has 2 aromatic rings. The average molecular weight is 351 g/mol. The SMILES string of the molecule is Cc1ccc(-c2cc(Cl)c(C[C@@H]3CC(O)OC3=O)c(Cl)c2)cc1. The largest absolute Gasteiger partial charge is 0.436 e. The Balaban J connectivity index is 1.89. The summed E-state index contributed by atoms with van der Waals surface area (Å²) in [5.41, 5.74) is 3.85. The molecule has 0 bridgehead atoms. The minimum atomic E-state index is -1.03. The first-order valence-electron chi connectivity index (χ1n) is 7.37. The maximum Gasteiger partial charge on any atom is 0.311 e. The molecule has 0 amide bonds. The first kappa shape index (κ1) is 16.3. The van der Waals surface area contributed by atoms with Gasteiger partial charge in [-0.3, -0.25) is 4.79 Å². The van der Waals surface area contributed by atoms with Crippen LogP contribution in [0.1, 0.15) is 17.5 Å². The van der Waals surface area contributed by atoms with Crippen molar-refractivity contribution in [3.05, 3.63) is 57.6 Å². The van der Waals surface area contributed by atoms with Crippen LogP contribution in [0.15, 0.2) is 36.4 Å². The van der Waals surface area contributed by atoms with Gasteiger partial charge in [0, 0.05) is 16.5 Å². The van der Waals surface area contributed by atoms with Crippen LogP contribution < -0.4 is 0 Å². The van der Waals surface area contributed by atoms with Gasteiger partial charge in [-0.05, 0) is 42.2 Å². The minimum Gasteiger partial charge on any atom is -0.436 e. The van der Waals surface area contributed by atoms with Crippen LogP contribution in [0.5, 0.6) is 0 Å². The highest BCUT2D eigenvalue weighted by Gasteiger charge is 2.34. The van der Waals surface area contributed by atoms with Gasteiger partial charge in [0.15, 0.2) is 0 Å². The Bertz CT molecular complexity index is 717. The average Bonchev–Trinajstić information content (AvgIpc) is 2.81. The summed E-state index contributed by atoms with van der Waals surface area (Å²) in [5, 5.41) is 10.4. The zero-order chi connectivity index (χ0) is 16.6. The zero-order valence-corrected chi connectivity index (χ0v) is 14.1. The van der Waals surface area contributed by atoms with E-state index < -0.39 is 18.2 Å². The number of carbonyl (C=O) groups is 1. The molecule has 1 saturated heterocycles. The molecule has 120 valence electrons. The summed E-state index contributed by atoms with van der Waals surface area (Å²) in [7, 11) is 0. The quantitative estimate of drug-likeness (QED) is 0.834. The fraction of sp³-hybridized carbons (Fsp3) is 0.278. The number of hydrogen-bond donors (Lipinski definition) is 1. The highest BCUT2D eigenvalue weighted by Crippen LogP contribution is 2.35. The van der Waals surface area contributed by atoms with Crippen molar-refractivity contribution in [1.29, 1.82) is 0 Å². The number of cyclic esters (lactones) is 1. The van der Waals surface area contributed by atoms with Gasteiger partial charge in [-0.1, -0.05) is 53.0 Å². The molecular formula is C18H16Cl2O3. The summed E-state index contributed by atoms with van der Waals surface area (Å²) in [6.07, 6.45) is -0.399. The van der Waals surface area contributed by atoms with Crippen molar-refractivity contribution in [3.8, 4) is 11.1 Å². The lowest BCUT2D eigenvalue weighted by Crippen LogP contribution is -2.11. The molecule has 1 N–H and O–H groups in total. The van der Waals surface area contributed by atoms with E-state index in [0.29, 0.717) is 22.0 Å². The van der Waals surface area contributed by atoms with Gasteiger partial charge in [0.05, 0.1) is 5.92 Å². The van der Waals surface area contributed by atoms with Crippen molar-refractivity contribution in [3.63, 3.8) is 0 Å². The molecule has 1 aliphatic heterocycles. The third kappa shape index (κ3) is 3.52. The van der Waals surface area contributed by atoms with Gasteiger partial charge in [-0.2, -0.15) is 0 Å². The van der Waals surface area contributed by atoms with E-state index in [1.165, 1.54) is 5.56 Å². The summed E-state index contributed by atoms with van der Waals surface area (Å²) >= 11 is 12.8. The second kappa shape index (κ2) is 6.52. The van der Waals surface area contributed by atoms with E-state index >= 15 is 0 Å². The number of aliphatic hydroxyl groups is 1. The van der Waals surface area contributed by atoms with E-state index in [1.807, 2.05) is 43.3 Å². The molecule has 1 unspecified atom stereocenters. The van der Waals surface area contributed by atoms with Gasteiger partial charge in [0.1, 0.15) is 0 Å². The standard InChI is InChI=1S/C18H16Cl2O3/c1-10-2-4-11(5-3-10)12-7-15(19)14(16(20)8-12)6-13-9-17(21)23-18(13)22/h2-5,7-8,13,17,21H,6,9H2,1H3/t13-,17?/m1/s1. The molecule has 2 atom stereocenters. The molecule has 1 fully saturated rings. The predicted octanol–water partition coefficient (Wildman–Crippen LogP) is 4.39. The van der Waals surface area contributed by atoms with Gasteiger partial charge in [0.25, 0.3) is 0 Å². The fourth-order valence-corrected chi connectivity index (χ4v) is 3.38. The van der Waals surface area contributed by atoms with E-state index in [4.69, 9.17) is 27.9 Å². The van der Waals surface area contributed by atoms with Crippen LogP contribution in [0.3, 0.4) is 0 Å². The fourth-order valence-electron chi connectivity index (χ4n) is 2.74. The van der Waals surface area contributed by atoms with Crippen LogP contribution in [0.25, 0.3) is 11.1 Å². The first-order chi connectivity index (χ1) is 10.9. The first-order valence-corrected chi connectivity index (χ1v) is 8.13. The van der Waals surface area contributed by atoms with Crippen LogP contribution in [0.4, 0.5) is 0 Å². The highest BCUT2D eigenvalue weighted by molar-refractivity contribution is 6.36. The lowest BCUT2D eigenvalue weighted by molar-refractivity contribution is -0.155. The Labute approximate surface area is 144 Å². The topological polar surface area (TPSA) is 46.5 Å². The van der Waals surface area contributed by atoms with Gasteiger partial charge >= 0.3 is 5.97 Å². The molecule has 0 radical (unpaired) electrons. The highest BCUT2D eigenvalue weighted by atomic mass is 35.5. The third-order valence-corrected chi connectivity index (χ3v) is 4.72. The predicted molar refractivity (Wildman–Crippen MR) is 90.5 cm³/mol. The summed E-state index contributed by atoms with van der Waals surface area (Å²) in [6, 6.07) is 11.8. The molecular weight excluding hydrogens is 335 g/mol. The van der Waals surface area contributed by atoms with Crippen LogP contribution in [0, 0.1) is 12.8 Å². The second-order valence-electron chi connectivity index (χ2n) is 5.81. The number of ether oxygens (including phenoxy) is 1. The van der Waals surface area contributed by atoms with Crippen molar-refractivity contribution in [2.24, 2.45) is 5.92 Å². The molecule has 1 heterocycles. The summed E-state index contributed by atoms with van der Waals surface area (Å²) < 4.78 is 4.76. The third-order valence-electron chi connectivity index (χ3n) is 4.05. The number of esters is 1. The van der Waals surface area contributed by atoms with E-state index in [9.17, 15) is 9.90 Å². The molecule has 0 saturated carbocycles. The van der Waals surface area contributed by atoms with E-state index in [-0.39, 0.29) is 6.42 Å². The summed E-state index contributed by atoms with van der Waals surface area (Å²) in [6.45, 7) is 2.03. The van der Waals surface area contributed by atoms with Crippen molar-refractivity contribution in [2.45, 2.75) is 26.1 Å². The Kier molecular flexibility index (Phi) is 4.62. The van der Waals surface area contributed by atoms with Gasteiger partial charge in [0.2, 0.25) is 6.29 Å². The molecule has 2 aromatic carbocycles. The Morgan fingerprint density at radius 1 is 1.13 bits per heavy atom. The van der Waals surface area contributed by atoms with Crippen molar-refractivity contribution < 1.29 is 14.6 Å². The number of carbonyl (C=O) groups excluding carboxylic acids is 1. The van der Waals surface area contributed by atoms with E-state index in [0.717, 1.165) is 11.1 Å². The lowest BCUT2D eigenvalue weighted by Gasteiger charge is -2.12. The van der Waals surface area contributed by atoms with Crippen molar-refractivity contribution in [1.82, 2.24) is 0 Å². The minimum absolute atomic E-state index is 0.269. The molecule has 5 heteroatoms. The van der Waals surface area contributed by atoms with Crippen molar-refractivity contribution >= 4 is 29.2 Å². The Morgan fingerprint density at radius 3 is 2.26 bits per heavy atom. The van der Waals surface area contributed by atoms with E-state index in [1.54, 1.807) is 0 Å². The van der Waals surface area contributed by atoms with Crippen LogP contribution in [0.2, 0.25) is 10.0 Å². The Hall–Kier alpha value is -1.55. The molecule has 0 spiro atoms. The van der Waals surface area contributed by atoms with Crippen LogP contribution in [-0.4, -0.2) is 17.4 Å². The number of rotatable bonds is 3. The normalized spacial score (nSPS) is 20.6. The molecule has 3 nitrogen and oxygen atoms in total. The van der Waals surface area contributed by atoms with Gasteiger partial charge in [-0.25, -0.2) is 0 Å². The number of aryl methyl sites for hydroxylation is 1. The maximum absolute atomic E-state index is 11.7. The Morgan fingerprint density at radius 2 is 1.74 bits per heavy atom. The second-order valence-corrected chi connectivity index (χ2v) is 6.63. The summed E-state index contributed by atoms with van der Waals surface area (Å²) in [4.78, 5) is 11.7. The van der Waals surface area contributed by atoms with Crippen LogP contribution in [-0.2, 0) is 16.0 Å². The zero-order valence-electron chi connectivity index (χ0n) is 12.6. The molecule has 3 rings (SSSR count). The lowest BCUT2D eigenvalue weighted by atomic mass is 9.95. The summed E-state index contributed by atoms with van der Waals surface area (Å²) in [5.74, 6) is -0.822. The molecule has 23 heavy (non-hydrogen) atoms. The van der Waals surface area contributed by atoms with E-state index in [2.05, 4.69) is 0 Å².